The molecule has 0 aliphatic carbocycles. The number of likely N-dealkylation sites (tertiary alicyclic amines) is 1. The summed E-state index contributed by atoms with van der Waals surface area (Å²) in [7, 11) is 1.66. The van der Waals surface area contributed by atoms with Crippen LogP contribution in [0.5, 0.6) is 0 Å². The molecule has 1 aromatic carbocycles. The number of carbonyl (C=O) groups excluding carboxylic acids is 1. The Morgan fingerprint density at radius 3 is 3.09 bits per heavy atom. The fourth-order valence-corrected chi connectivity index (χ4v) is 3.75. The molecule has 2 aliphatic rings. The summed E-state index contributed by atoms with van der Waals surface area (Å²) in [5.41, 5.74) is 0.921. The molecule has 3 rings (SSSR count). The van der Waals surface area contributed by atoms with Crippen molar-refractivity contribution in [1.82, 2.24) is 10.2 Å². The van der Waals surface area contributed by atoms with E-state index in [0.717, 1.165) is 31.5 Å². The lowest BCUT2D eigenvalue weighted by atomic mass is 9.83. The Kier molecular flexibility index (Phi) is 5.19. The number of fused-ring (bicyclic) bond motifs is 1. The largest absolute Gasteiger partial charge is 0.377 e. The minimum atomic E-state index is -0.375. The van der Waals surface area contributed by atoms with Gasteiger partial charge in [0.2, 0.25) is 5.91 Å². The zero-order valence-electron chi connectivity index (χ0n) is 13.2. The van der Waals surface area contributed by atoms with E-state index in [-0.39, 0.29) is 28.8 Å². The highest BCUT2D eigenvalue weighted by atomic mass is 35.5. The summed E-state index contributed by atoms with van der Waals surface area (Å²) in [6.07, 6.45) is 2.06. The zero-order valence-corrected chi connectivity index (χ0v) is 14.0. The van der Waals surface area contributed by atoms with Crippen LogP contribution in [0.3, 0.4) is 0 Å². The molecule has 2 aliphatic heterocycles. The summed E-state index contributed by atoms with van der Waals surface area (Å²) in [5.74, 6) is -0.0220. The molecule has 0 spiro atoms. The summed E-state index contributed by atoms with van der Waals surface area (Å²) in [5, 5.41) is 2.86. The van der Waals surface area contributed by atoms with Crippen LogP contribution in [-0.4, -0.2) is 43.7 Å². The first-order valence-corrected chi connectivity index (χ1v) is 8.44. The van der Waals surface area contributed by atoms with Gasteiger partial charge >= 0.3 is 0 Å². The van der Waals surface area contributed by atoms with E-state index in [9.17, 15) is 9.18 Å². The topological polar surface area (TPSA) is 41.6 Å². The Labute approximate surface area is 140 Å². The second-order valence-electron chi connectivity index (χ2n) is 6.45. The lowest BCUT2D eigenvalue weighted by molar-refractivity contribution is -0.138. The van der Waals surface area contributed by atoms with Gasteiger partial charge in [-0.15, -0.1) is 0 Å². The fraction of sp³-hybridized carbons (Fsp3) is 0.588. The Balaban J connectivity index is 1.61. The van der Waals surface area contributed by atoms with Crippen LogP contribution in [0.25, 0.3) is 0 Å². The summed E-state index contributed by atoms with van der Waals surface area (Å²) in [6, 6.07) is 4.96. The Bertz CT molecular complexity index is 584. The van der Waals surface area contributed by atoms with Gasteiger partial charge in [-0.05, 0) is 36.5 Å². The van der Waals surface area contributed by atoms with E-state index < -0.39 is 0 Å². The molecule has 1 aromatic rings. The van der Waals surface area contributed by atoms with Crippen LogP contribution in [0, 0.1) is 17.7 Å². The van der Waals surface area contributed by atoms with Gasteiger partial charge in [-0.2, -0.15) is 0 Å². The molecular formula is C17H22ClFN2O2. The van der Waals surface area contributed by atoms with Crippen molar-refractivity contribution < 1.29 is 13.9 Å². The first-order valence-electron chi connectivity index (χ1n) is 8.06. The van der Waals surface area contributed by atoms with Gasteiger partial charge < -0.3 is 10.1 Å². The van der Waals surface area contributed by atoms with Crippen LogP contribution < -0.4 is 5.32 Å². The van der Waals surface area contributed by atoms with Crippen molar-refractivity contribution in [3.05, 3.63) is 34.6 Å². The van der Waals surface area contributed by atoms with Gasteiger partial charge in [0.1, 0.15) is 5.82 Å². The van der Waals surface area contributed by atoms with Crippen molar-refractivity contribution in [2.75, 3.05) is 26.7 Å². The third-order valence-electron chi connectivity index (χ3n) is 4.85. The second-order valence-corrected chi connectivity index (χ2v) is 6.86. The monoisotopic (exact) mass is 340 g/mol. The molecular weight excluding hydrogens is 319 g/mol. The predicted octanol–water partition coefficient (Wildman–Crippen LogP) is 2.45. The van der Waals surface area contributed by atoms with Crippen LogP contribution in [-0.2, 0) is 16.1 Å². The van der Waals surface area contributed by atoms with Crippen molar-refractivity contribution in [2.45, 2.75) is 25.5 Å². The van der Waals surface area contributed by atoms with E-state index >= 15 is 0 Å². The average Bonchev–Trinajstić information content (AvgIpc) is 2.57. The standard InChI is InChI=1S/C17H22ClFN2O2/c1-20-17(22)13-7-12-9-21(5-4-16(12)23-10-13)8-11-2-3-14(18)15(19)6-11/h2-3,6,12-13,16H,4-5,7-10H2,1H3,(H,20,22)/t12-,13-,16+/m0/s1. The Hall–Kier alpha value is -1.17. The van der Waals surface area contributed by atoms with Crippen molar-refractivity contribution in [1.29, 1.82) is 0 Å². The van der Waals surface area contributed by atoms with Crippen molar-refractivity contribution in [2.24, 2.45) is 11.8 Å². The number of piperidine rings is 1. The predicted molar refractivity (Wildman–Crippen MR) is 86.7 cm³/mol. The lowest BCUT2D eigenvalue weighted by Crippen LogP contribution is -2.49. The number of amides is 1. The van der Waals surface area contributed by atoms with Gasteiger partial charge in [-0.25, -0.2) is 4.39 Å². The zero-order chi connectivity index (χ0) is 16.4. The van der Waals surface area contributed by atoms with Crippen LogP contribution >= 0.6 is 11.6 Å². The molecule has 0 aromatic heterocycles. The van der Waals surface area contributed by atoms with E-state index in [2.05, 4.69) is 10.2 Å². The van der Waals surface area contributed by atoms with Gasteiger partial charge in [-0.1, -0.05) is 17.7 Å². The Morgan fingerprint density at radius 1 is 1.52 bits per heavy atom. The number of hydrogen-bond acceptors (Lipinski definition) is 3. The molecule has 2 heterocycles. The fourth-order valence-electron chi connectivity index (χ4n) is 3.63. The van der Waals surface area contributed by atoms with Crippen molar-refractivity contribution in [3.8, 4) is 0 Å². The number of benzene rings is 1. The SMILES string of the molecule is CNC(=O)[C@@H]1CO[C@@H]2CCN(Cc3ccc(Cl)c(F)c3)C[C@@H]2C1. The van der Waals surface area contributed by atoms with Crippen molar-refractivity contribution in [3.63, 3.8) is 0 Å². The van der Waals surface area contributed by atoms with Gasteiger partial charge in [0, 0.05) is 26.7 Å². The summed E-state index contributed by atoms with van der Waals surface area (Å²) in [6.45, 7) is 3.02. The molecule has 1 amide bonds. The molecule has 6 heteroatoms. The minimum Gasteiger partial charge on any atom is -0.377 e. The molecule has 0 saturated carbocycles. The first kappa shape index (κ1) is 16.7. The molecule has 0 radical (unpaired) electrons. The third kappa shape index (κ3) is 3.84. The van der Waals surface area contributed by atoms with E-state index in [1.807, 2.05) is 6.07 Å². The molecule has 2 fully saturated rings. The van der Waals surface area contributed by atoms with Gasteiger partial charge in [0.25, 0.3) is 0 Å². The maximum Gasteiger partial charge on any atom is 0.225 e. The van der Waals surface area contributed by atoms with E-state index in [0.29, 0.717) is 19.1 Å². The number of ether oxygens (including phenoxy) is 1. The summed E-state index contributed by atoms with van der Waals surface area (Å²) < 4.78 is 19.5. The highest BCUT2D eigenvalue weighted by Gasteiger charge is 2.37. The molecule has 0 unspecified atom stereocenters. The highest BCUT2D eigenvalue weighted by Crippen LogP contribution is 2.32. The normalized spacial score (nSPS) is 28.2. The van der Waals surface area contributed by atoms with Crippen LogP contribution in [0.4, 0.5) is 4.39 Å². The highest BCUT2D eigenvalue weighted by molar-refractivity contribution is 6.30. The number of nitrogens with one attached hydrogen (secondary N) is 1. The van der Waals surface area contributed by atoms with Crippen LogP contribution in [0.2, 0.25) is 5.02 Å². The minimum absolute atomic E-state index is 0.0559. The third-order valence-corrected chi connectivity index (χ3v) is 5.16. The molecule has 4 nitrogen and oxygen atoms in total. The molecule has 0 bridgehead atoms. The average molecular weight is 341 g/mol. The number of rotatable bonds is 3. The summed E-state index contributed by atoms with van der Waals surface area (Å²) >= 11 is 5.73. The number of hydrogen-bond donors (Lipinski definition) is 1. The van der Waals surface area contributed by atoms with Gasteiger partial charge in [0.15, 0.2) is 0 Å². The molecule has 1 N–H and O–H groups in total. The maximum absolute atomic E-state index is 13.6. The number of carbonyl (C=O) groups is 1. The van der Waals surface area contributed by atoms with Crippen LogP contribution in [0.15, 0.2) is 18.2 Å². The van der Waals surface area contributed by atoms with E-state index in [4.69, 9.17) is 16.3 Å². The summed E-state index contributed by atoms with van der Waals surface area (Å²) in [4.78, 5) is 14.1. The van der Waals surface area contributed by atoms with E-state index in [1.54, 1.807) is 13.1 Å². The molecule has 23 heavy (non-hydrogen) atoms. The molecule has 126 valence electrons. The molecule has 2 saturated heterocycles. The molecule has 3 atom stereocenters. The first-order chi connectivity index (χ1) is 11.1. The van der Waals surface area contributed by atoms with Crippen molar-refractivity contribution >= 4 is 17.5 Å². The van der Waals surface area contributed by atoms with Gasteiger partial charge in [-0.3, -0.25) is 9.69 Å². The van der Waals surface area contributed by atoms with Gasteiger partial charge in [0.05, 0.1) is 23.7 Å². The second kappa shape index (κ2) is 7.16. The quantitative estimate of drug-likeness (QED) is 0.919. The maximum atomic E-state index is 13.6. The smallest absolute Gasteiger partial charge is 0.225 e. The Morgan fingerprint density at radius 2 is 2.35 bits per heavy atom. The number of nitrogens with zero attached hydrogens (tertiary/aromatic N) is 1. The van der Waals surface area contributed by atoms with E-state index in [1.165, 1.54) is 6.07 Å². The number of halogens is 2. The van der Waals surface area contributed by atoms with Crippen LogP contribution in [0.1, 0.15) is 18.4 Å². The lowest BCUT2D eigenvalue weighted by Gasteiger charge is -2.43.